The predicted octanol–water partition coefficient (Wildman–Crippen LogP) is 2.79. The van der Waals surface area contributed by atoms with Crippen LogP contribution in [0.25, 0.3) is 0 Å². The van der Waals surface area contributed by atoms with Gasteiger partial charge in [0, 0.05) is 13.1 Å². The molecular formula is C16H23NO2. The van der Waals surface area contributed by atoms with Gasteiger partial charge in [0.1, 0.15) is 0 Å². The largest absolute Gasteiger partial charge is 0.481 e. The minimum Gasteiger partial charge on any atom is -0.481 e. The highest BCUT2D eigenvalue weighted by atomic mass is 16.4. The third-order valence-corrected chi connectivity index (χ3v) is 4.27. The Hall–Kier alpha value is -1.35. The van der Waals surface area contributed by atoms with Gasteiger partial charge in [-0.1, -0.05) is 38.1 Å². The van der Waals surface area contributed by atoms with Crippen molar-refractivity contribution in [1.29, 1.82) is 0 Å². The summed E-state index contributed by atoms with van der Waals surface area (Å²) in [6.45, 7) is 7.73. The van der Waals surface area contributed by atoms with Crippen LogP contribution in [0.3, 0.4) is 0 Å². The molecule has 0 spiro atoms. The number of carbonyl (C=O) groups is 1. The van der Waals surface area contributed by atoms with E-state index in [0.29, 0.717) is 0 Å². The van der Waals surface area contributed by atoms with Crippen LogP contribution in [-0.2, 0) is 17.8 Å². The summed E-state index contributed by atoms with van der Waals surface area (Å²) in [6.07, 6.45) is 1.36. The lowest BCUT2D eigenvalue weighted by Gasteiger charge is -2.35. The number of rotatable bonds is 4. The van der Waals surface area contributed by atoms with E-state index in [2.05, 4.69) is 24.8 Å². The van der Waals surface area contributed by atoms with Crippen molar-refractivity contribution in [2.45, 2.75) is 33.2 Å². The zero-order valence-corrected chi connectivity index (χ0v) is 11.8. The number of benzene rings is 1. The van der Waals surface area contributed by atoms with Gasteiger partial charge < -0.3 is 5.11 Å². The minimum atomic E-state index is -0.756. The average Bonchev–Trinajstić information content (AvgIpc) is 2.36. The molecule has 1 aromatic carbocycles. The molecule has 1 aromatic rings. The monoisotopic (exact) mass is 261 g/mol. The molecule has 1 fully saturated rings. The van der Waals surface area contributed by atoms with Crippen molar-refractivity contribution in [3.63, 3.8) is 0 Å². The van der Waals surface area contributed by atoms with Gasteiger partial charge in [0.05, 0.1) is 6.42 Å². The van der Waals surface area contributed by atoms with Crippen LogP contribution in [0.4, 0.5) is 0 Å². The van der Waals surface area contributed by atoms with E-state index in [9.17, 15) is 4.79 Å². The molecule has 0 bridgehead atoms. The lowest BCUT2D eigenvalue weighted by Crippen LogP contribution is -2.38. The van der Waals surface area contributed by atoms with Gasteiger partial charge in [0.25, 0.3) is 0 Å². The number of aliphatic carboxylic acids is 1. The van der Waals surface area contributed by atoms with Crippen molar-refractivity contribution in [1.82, 2.24) is 4.90 Å². The van der Waals surface area contributed by atoms with E-state index in [1.54, 1.807) is 0 Å². The van der Waals surface area contributed by atoms with Gasteiger partial charge in [-0.05, 0) is 35.9 Å². The highest BCUT2D eigenvalue weighted by molar-refractivity contribution is 5.70. The zero-order valence-electron chi connectivity index (χ0n) is 11.8. The maximum Gasteiger partial charge on any atom is 0.307 e. The predicted molar refractivity (Wildman–Crippen MR) is 76.0 cm³/mol. The van der Waals surface area contributed by atoms with Crippen LogP contribution in [0.1, 0.15) is 31.4 Å². The highest BCUT2D eigenvalue weighted by Crippen LogP contribution is 2.24. The molecule has 0 saturated carbocycles. The van der Waals surface area contributed by atoms with E-state index in [4.69, 9.17) is 5.11 Å². The van der Waals surface area contributed by atoms with E-state index < -0.39 is 5.97 Å². The standard InChI is InChI=1S/C16H23NO2/c1-12-7-8-17(10-13(12)2)11-15-6-4-3-5-14(15)9-16(18)19/h3-6,12-13H,7-11H2,1-2H3,(H,18,19). The van der Waals surface area contributed by atoms with E-state index in [0.717, 1.165) is 42.6 Å². The number of carboxylic acids is 1. The van der Waals surface area contributed by atoms with Crippen LogP contribution in [0, 0.1) is 11.8 Å². The Kier molecular flexibility index (Phi) is 4.59. The van der Waals surface area contributed by atoms with E-state index >= 15 is 0 Å². The molecule has 104 valence electrons. The molecule has 0 amide bonds. The van der Waals surface area contributed by atoms with Crippen molar-refractivity contribution >= 4 is 5.97 Å². The molecule has 0 aromatic heterocycles. The van der Waals surface area contributed by atoms with Crippen LogP contribution in [-0.4, -0.2) is 29.1 Å². The first kappa shape index (κ1) is 14.1. The second-order valence-corrected chi connectivity index (χ2v) is 5.82. The summed E-state index contributed by atoms with van der Waals surface area (Å²) in [5, 5.41) is 8.96. The van der Waals surface area contributed by atoms with Crippen molar-refractivity contribution in [2.75, 3.05) is 13.1 Å². The third kappa shape index (κ3) is 3.80. The summed E-state index contributed by atoms with van der Waals surface area (Å²) < 4.78 is 0. The first-order chi connectivity index (χ1) is 9.06. The number of hydrogen-bond acceptors (Lipinski definition) is 2. The summed E-state index contributed by atoms with van der Waals surface area (Å²) in [5.74, 6) is 0.763. The van der Waals surface area contributed by atoms with Gasteiger partial charge in [-0.2, -0.15) is 0 Å². The molecule has 3 nitrogen and oxygen atoms in total. The Morgan fingerprint density at radius 1 is 1.26 bits per heavy atom. The number of piperidine rings is 1. The van der Waals surface area contributed by atoms with Gasteiger partial charge in [-0.3, -0.25) is 9.69 Å². The third-order valence-electron chi connectivity index (χ3n) is 4.27. The zero-order chi connectivity index (χ0) is 13.8. The molecule has 1 aliphatic heterocycles. The molecule has 2 unspecified atom stereocenters. The van der Waals surface area contributed by atoms with Crippen molar-refractivity contribution < 1.29 is 9.90 Å². The summed E-state index contributed by atoms with van der Waals surface area (Å²) in [4.78, 5) is 13.3. The normalized spacial score (nSPS) is 24.3. The van der Waals surface area contributed by atoms with Crippen LogP contribution >= 0.6 is 0 Å². The number of nitrogens with zero attached hydrogens (tertiary/aromatic N) is 1. The fourth-order valence-corrected chi connectivity index (χ4v) is 2.78. The summed E-state index contributed by atoms with van der Waals surface area (Å²) in [7, 11) is 0. The van der Waals surface area contributed by atoms with Crippen molar-refractivity contribution in [3.8, 4) is 0 Å². The number of hydrogen-bond donors (Lipinski definition) is 1. The highest BCUT2D eigenvalue weighted by Gasteiger charge is 2.23. The SMILES string of the molecule is CC1CCN(Cc2ccccc2CC(=O)O)CC1C. The van der Waals surface area contributed by atoms with E-state index in [-0.39, 0.29) is 6.42 Å². The molecule has 1 heterocycles. The molecular weight excluding hydrogens is 238 g/mol. The fraction of sp³-hybridized carbons (Fsp3) is 0.562. The molecule has 1 aliphatic rings. The molecule has 1 saturated heterocycles. The molecule has 0 radical (unpaired) electrons. The van der Waals surface area contributed by atoms with Crippen molar-refractivity contribution in [3.05, 3.63) is 35.4 Å². The van der Waals surface area contributed by atoms with Gasteiger partial charge in [0.15, 0.2) is 0 Å². The molecule has 1 N–H and O–H groups in total. The molecule has 3 heteroatoms. The topological polar surface area (TPSA) is 40.5 Å². The van der Waals surface area contributed by atoms with Crippen LogP contribution in [0.15, 0.2) is 24.3 Å². The number of carboxylic acid groups (broad SMARTS) is 1. The fourth-order valence-electron chi connectivity index (χ4n) is 2.78. The van der Waals surface area contributed by atoms with E-state index in [1.165, 1.54) is 6.42 Å². The summed E-state index contributed by atoms with van der Waals surface area (Å²) in [6, 6.07) is 7.90. The molecule has 2 rings (SSSR count). The quantitative estimate of drug-likeness (QED) is 0.906. The Morgan fingerprint density at radius 2 is 1.95 bits per heavy atom. The summed E-state index contributed by atoms with van der Waals surface area (Å²) in [5.41, 5.74) is 2.10. The Labute approximate surface area is 115 Å². The molecule has 0 aliphatic carbocycles. The first-order valence-corrected chi connectivity index (χ1v) is 7.07. The first-order valence-electron chi connectivity index (χ1n) is 7.07. The van der Waals surface area contributed by atoms with Crippen LogP contribution in [0.2, 0.25) is 0 Å². The van der Waals surface area contributed by atoms with Crippen molar-refractivity contribution in [2.24, 2.45) is 11.8 Å². The Morgan fingerprint density at radius 3 is 2.58 bits per heavy atom. The number of likely N-dealkylation sites (tertiary alicyclic amines) is 1. The van der Waals surface area contributed by atoms with Gasteiger partial charge >= 0.3 is 5.97 Å². The second-order valence-electron chi connectivity index (χ2n) is 5.82. The smallest absolute Gasteiger partial charge is 0.307 e. The Bertz CT molecular complexity index is 444. The van der Waals surface area contributed by atoms with E-state index in [1.807, 2.05) is 18.2 Å². The lowest BCUT2D eigenvalue weighted by molar-refractivity contribution is -0.136. The van der Waals surface area contributed by atoms with Gasteiger partial charge in [-0.15, -0.1) is 0 Å². The maximum absolute atomic E-state index is 10.9. The van der Waals surface area contributed by atoms with Gasteiger partial charge in [-0.25, -0.2) is 0 Å². The molecule has 19 heavy (non-hydrogen) atoms. The minimum absolute atomic E-state index is 0.121. The Balaban J connectivity index is 2.04. The maximum atomic E-state index is 10.9. The second kappa shape index (κ2) is 6.20. The van der Waals surface area contributed by atoms with Crippen LogP contribution in [0.5, 0.6) is 0 Å². The van der Waals surface area contributed by atoms with Crippen LogP contribution < -0.4 is 0 Å². The molecule has 2 atom stereocenters. The summed E-state index contributed by atoms with van der Waals surface area (Å²) >= 11 is 0. The average molecular weight is 261 g/mol. The lowest BCUT2D eigenvalue weighted by atomic mass is 9.88. The van der Waals surface area contributed by atoms with Gasteiger partial charge in [0.2, 0.25) is 0 Å².